The van der Waals surface area contributed by atoms with Crippen molar-refractivity contribution in [2.24, 2.45) is 0 Å². The van der Waals surface area contributed by atoms with Gasteiger partial charge in [-0.25, -0.2) is 9.19 Å². The van der Waals surface area contributed by atoms with Crippen molar-refractivity contribution in [2.45, 2.75) is 12.0 Å². The van der Waals surface area contributed by atoms with E-state index in [-0.39, 0.29) is 5.88 Å². The van der Waals surface area contributed by atoms with Crippen molar-refractivity contribution < 1.29 is 13.4 Å². The number of benzene rings is 1. The number of rotatable bonds is 5. The van der Waals surface area contributed by atoms with E-state index in [4.69, 9.17) is 20.8 Å². The average molecular weight is 400 g/mol. The van der Waals surface area contributed by atoms with E-state index in [1.54, 1.807) is 30.5 Å². The number of hydrogen-bond acceptors (Lipinski definition) is 5. The first kappa shape index (κ1) is 17.5. The maximum atomic E-state index is 12.7. The van der Waals surface area contributed by atoms with Crippen molar-refractivity contribution in [1.82, 2.24) is 9.97 Å². The molecule has 0 fully saturated rings. The van der Waals surface area contributed by atoms with Gasteiger partial charge >= 0.3 is 0 Å². The monoisotopic (exact) mass is 399 g/mol. The van der Waals surface area contributed by atoms with Crippen molar-refractivity contribution in [1.29, 1.82) is 0 Å². The summed E-state index contributed by atoms with van der Waals surface area (Å²) in [5.41, 5.74) is 1.75. The standard InChI is InChI=1S/C19H14ClN3O3S/c1-12-16(7-4-8-21-12)26-19-15(10-14(20)11-22-19)23-27(24)18-9-13-5-2-3-6-17(13)25-18/h2-11,23H,1H3. The van der Waals surface area contributed by atoms with Crippen LogP contribution in [0.5, 0.6) is 11.6 Å². The van der Waals surface area contributed by atoms with Crippen molar-refractivity contribution in [2.75, 3.05) is 4.72 Å². The first-order valence-corrected chi connectivity index (χ1v) is 9.55. The summed E-state index contributed by atoms with van der Waals surface area (Å²) in [6.45, 7) is 1.82. The number of pyridine rings is 2. The fourth-order valence-electron chi connectivity index (χ4n) is 2.46. The summed E-state index contributed by atoms with van der Waals surface area (Å²) >= 11 is 6.05. The van der Waals surface area contributed by atoms with E-state index in [0.29, 0.717) is 32.8 Å². The predicted octanol–water partition coefficient (Wildman–Crippen LogP) is 5.11. The van der Waals surface area contributed by atoms with E-state index < -0.39 is 11.0 Å². The predicted molar refractivity (Wildman–Crippen MR) is 105 cm³/mol. The Hall–Kier alpha value is -2.90. The van der Waals surface area contributed by atoms with Crippen molar-refractivity contribution in [3.05, 3.63) is 71.6 Å². The second-order valence-electron chi connectivity index (χ2n) is 5.67. The average Bonchev–Trinajstić information content (AvgIpc) is 3.10. The molecule has 0 saturated heterocycles. The SMILES string of the molecule is Cc1ncccc1Oc1ncc(Cl)cc1NS(=O)c1cc2ccccc2o1. The van der Waals surface area contributed by atoms with Crippen LogP contribution in [0.1, 0.15) is 5.69 Å². The van der Waals surface area contributed by atoms with Crippen LogP contribution in [0, 0.1) is 6.92 Å². The van der Waals surface area contributed by atoms with Crippen LogP contribution in [0.2, 0.25) is 5.02 Å². The van der Waals surface area contributed by atoms with Crippen LogP contribution in [0.25, 0.3) is 11.0 Å². The zero-order valence-corrected chi connectivity index (χ0v) is 15.8. The molecule has 3 heterocycles. The van der Waals surface area contributed by atoms with Gasteiger partial charge in [-0.3, -0.25) is 9.71 Å². The molecule has 1 unspecified atom stereocenters. The Labute approximate surface area is 162 Å². The van der Waals surface area contributed by atoms with Crippen LogP contribution < -0.4 is 9.46 Å². The lowest BCUT2D eigenvalue weighted by Crippen LogP contribution is -2.06. The van der Waals surface area contributed by atoms with E-state index in [1.165, 1.54) is 6.20 Å². The quantitative estimate of drug-likeness (QED) is 0.504. The molecule has 0 aliphatic heterocycles. The topological polar surface area (TPSA) is 77.3 Å². The second kappa shape index (κ2) is 7.38. The van der Waals surface area contributed by atoms with E-state index in [9.17, 15) is 4.21 Å². The largest absolute Gasteiger partial charge is 0.445 e. The van der Waals surface area contributed by atoms with Gasteiger partial charge in [0, 0.05) is 23.8 Å². The van der Waals surface area contributed by atoms with Crippen LogP contribution in [0.4, 0.5) is 5.69 Å². The van der Waals surface area contributed by atoms with Gasteiger partial charge in [0.15, 0.2) is 16.7 Å². The molecule has 4 aromatic rings. The Bertz CT molecular complexity index is 1110. The third kappa shape index (κ3) is 3.79. The Balaban J connectivity index is 1.63. The smallest absolute Gasteiger partial charge is 0.243 e. The van der Waals surface area contributed by atoms with Gasteiger partial charge < -0.3 is 9.15 Å². The molecule has 27 heavy (non-hydrogen) atoms. The highest BCUT2D eigenvalue weighted by Gasteiger charge is 2.16. The van der Waals surface area contributed by atoms with Gasteiger partial charge in [0.25, 0.3) is 0 Å². The maximum Gasteiger partial charge on any atom is 0.243 e. The Kier molecular flexibility index (Phi) is 4.79. The van der Waals surface area contributed by atoms with Gasteiger partial charge in [0.2, 0.25) is 11.0 Å². The summed E-state index contributed by atoms with van der Waals surface area (Å²) in [6.07, 6.45) is 3.13. The zero-order chi connectivity index (χ0) is 18.8. The highest BCUT2D eigenvalue weighted by atomic mass is 35.5. The minimum atomic E-state index is -1.66. The number of nitrogens with zero attached hydrogens (tertiary/aromatic N) is 2. The lowest BCUT2D eigenvalue weighted by atomic mass is 10.3. The summed E-state index contributed by atoms with van der Waals surface area (Å²) in [5.74, 6) is 0.782. The molecule has 6 nitrogen and oxygen atoms in total. The molecule has 0 bridgehead atoms. The molecule has 3 aromatic heterocycles. The number of furan rings is 1. The van der Waals surface area contributed by atoms with Crippen molar-refractivity contribution in [3.63, 3.8) is 0 Å². The van der Waals surface area contributed by atoms with Gasteiger partial charge in [-0.05, 0) is 31.2 Å². The number of para-hydroxylation sites is 1. The number of aromatic nitrogens is 2. The van der Waals surface area contributed by atoms with Crippen LogP contribution >= 0.6 is 11.6 Å². The molecule has 1 N–H and O–H groups in total. The first-order valence-electron chi connectivity index (χ1n) is 8.02. The van der Waals surface area contributed by atoms with E-state index in [0.717, 1.165) is 5.39 Å². The van der Waals surface area contributed by atoms with Crippen molar-refractivity contribution in [3.8, 4) is 11.6 Å². The van der Waals surface area contributed by atoms with Crippen LogP contribution in [0.15, 0.2) is 70.4 Å². The Morgan fingerprint density at radius 1 is 1.15 bits per heavy atom. The number of halogens is 1. The summed E-state index contributed by atoms with van der Waals surface area (Å²) in [6, 6.07) is 14.3. The summed E-state index contributed by atoms with van der Waals surface area (Å²) in [5, 5.41) is 1.54. The third-order valence-corrected chi connectivity index (χ3v) is 4.95. The number of anilines is 1. The summed E-state index contributed by atoms with van der Waals surface area (Å²) in [4.78, 5) is 8.38. The minimum absolute atomic E-state index is 0.236. The number of ether oxygens (including phenoxy) is 1. The van der Waals surface area contributed by atoms with Gasteiger partial charge in [-0.2, -0.15) is 0 Å². The maximum absolute atomic E-state index is 12.7. The normalized spacial score (nSPS) is 12.1. The fraction of sp³-hybridized carbons (Fsp3) is 0.0526. The summed E-state index contributed by atoms with van der Waals surface area (Å²) in [7, 11) is -1.66. The molecule has 1 aromatic carbocycles. The Morgan fingerprint density at radius 2 is 2.00 bits per heavy atom. The third-order valence-electron chi connectivity index (χ3n) is 3.77. The van der Waals surface area contributed by atoms with E-state index >= 15 is 0 Å². The molecule has 0 amide bonds. The zero-order valence-electron chi connectivity index (χ0n) is 14.2. The van der Waals surface area contributed by atoms with Crippen molar-refractivity contribution >= 4 is 39.2 Å². The van der Waals surface area contributed by atoms with Crippen LogP contribution in [-0.4, -0.2) is 14.2 Å². The number of nitrogens with one attached hydrogen (secondary N) is 1. The van der Waals surface area contributed by atoms with Gasteiger partial charge in [-0.1, -0.05) is 29.8 Å². The number of hydrogen-bond donors (Lipinski definition) is 1. The highest BCUT2D eigenvalue weighted by Crippen LogP contribution is 2.32. The lowest BCUT2D eigenvalue weighted by molar-refractivity contribution is 0.459. The first-order chi connectivity index (χ1) is 13.1. The van der Waals surface area contributed by atoms with E-state index in [1.807, 2.05) is 31.2 Å². The molecule has 136 valence electrons. The lowest BCUT2D eigenvalue weighted by Gasteiger charge is -2.12. The van der Waals surface area contributed by atoms with Crippen LogP contribution in [-0.2, 0) is 11.0 Å². The molecule has 0 aliphatic carbocycles. The van der Waals surface area contributed by atoms with Gasteiger partial charge in [0.05, 0.1) is 10.7 Å². The molecule has 4 rings (SSSR count). The molecule has 1 atom stereocenters. The molecule has 0 spiro atoms. The molecular weight excluding hydrogens is 386 g/mol. The minimum Gasteiger partial charge on any atom is -0.445 e. The number of fused-ring (bicyclic) bond motifs is 1. The van der Waals surface area contributed by atoms with Gasteiger partial charge in [-0.15, -0.1) is 0 Å². The Morgan fingerprint density at radius 3 is 2.81 bits per heavy atom. The molecule has 0 radical (unpaired) electrons. The van der Waals surface area contributed by atoms with Gasteiger partial charge in [0.1, 0.15) is 11.3 Å². The molecule has 0 saturated carbocycles. The second-order valence-corrected chi connectivity index (χ2v) is 7.25. The molecule has 8 heteroatoms. The fourth-order valence-corrected chi connectivity index (χ4v) is 3.47. The van der Waals surface area contributed by atoms with Crippen LogP contribution in [0.3, 0.4) is 0 Å². The molecule has 0 aliphatic rings. The van der Waals surface area contributed by atoms with E-state index in [2.05, 4.69) is 14.7 Å². The molecular formula is C19H14ClN3O3S. The number of aryl methyl sites for hydroxylation is 1. The highest BCUT2D eigenvalue weighted by molar-refractivity contribution is 7.86. The summed E-state index contributed by atoms with van der Waals surface area (Å²) < 4.78 is 27.1.